The second-order valence-corrected chi connectivity index (χ2v) is 6.23. The second kappa shape index (κ2) is 6.41. The predicted octanol–water partition coefficient (Wildman–Crippen LogP) is 1.85. The van der Waals surface area contributed by atoms with Crippen molar-refractivity contribution in [2.45, 2.75) is 31.4 Å². The summed E-state index contributed by atoms with van der Waals surface area (Å²) in [5, 5.41) is 14.5. The minimum atomic E-state index is -0.578. The van der Waals surface area contributed by atoms with Crippen LogP contribution in [0.25, 0.3) is 0 Å². The van der Waals surface area contributed by atoms with Crippen molar-refractivity contribution in [1.29, 1.82) is 0 Å². The average Bonchev–Trinajstić information content (AvgIpc) is 3.16. The normalized spacial score (nSPS) is 19.3. The lowest BCUT2D eigenvalue weighted by atomic mass is 10.0. The number of aliphatic hydroxyl groups is 1. The van der Waals surface area contributed by atoms with Gasteiger partial charge in [0.1, 0.15) is 5.00 Å². The van der Waals surface area contributed by atoms with Crippen LogP contribution in [-0.2, 0) is 0 Å². The van der Waals surface area contributed by atoms with E-state index in [9.17, 15) is 9.90 Å². The van der Waals surface area contributed by atoms with E-state index in [2.05, 4.69) is 9.59 Å². The van der Waals surface area contributed by atoms with E-state index >= 15 is 0 Å². The molecule has 0 saturated carbocycles. The van der Waals surface area contributed by atoms with Gasteiger partial charge in [0.15, 0.2) is 5.69 Å². The number of aromatic nitrogens is 2. The maximum absolute atomic E-state index is 12.5. The second-order valence-electron chi connectivity index (χ2n) is 5.44. The molecule has 3 rings (SSSR count). The summed E-state index contributed by atoms with van der Waals surface area (Å²) in [6.45, 7) is 0.669. The van der Waals surface area contributed by atoms with E-state index in [0.717, 1.165) is 29.9 Å². The van der Waals surface area contributed by atoms with Crippen LogP contribution in [0.5, 0.6) is 0 Å². The molecular formula is C15H18N4O2S. The molecule has 0 radical (unpaired) electrons. The van der Waals surface area contributed by atoms with Gasteiger partial charge in [-0.1, -0.05) is 34.8 Å². The summed E-state index contributed by atoms with van der Waals surface area (Å²) in [7, 11) is 0. The van der Waals surface area contributed by atoms with Crippen molar-refractivity contribution in [1.82, 2.24) is 14.5 Å². The zero-order valence-corrected chi connectivity index (χ0v) is 12.9. The highest BCUT2D eigenvalue weighted by Gasteiger charge is 2.33. The quantitative estimate of drug-likeness (QED) is 0.897. The highest BCUT2D eigenvalue weighted by molar-refractivity contribution is 7.10. The first-order chi connectivity index (χ1) is 10.7. The molecule has 1 aromatic carbocycles. The summed E-state index contributed by atoms with van der Waals surface area (Å²) in [6, 6.07) is 9.51. The zero-order chi connectivity index (χ0) is 15.5. The summed E-state index contributed by atoms with van der Waals surface area (Å²) in [5.41, 5.74) is 6.84. The Hall–Kier alpha value is -1.99. The van der Waals surface area contributed by atoms with Gasteiger partial charge in [0, 0.05) is 24.1 Å². The largest absolute Gasteiger partial charge is 0.388 e. The van der Waals surface area contributed by atoms with Crippen LogP contribution in [0.1, 0.15) is 41.4 Å². The first kappa shape index (κ1) is 14.9. The van der Waals surface area contributed by atoms with Crippen molar-refractivity contribution in [2.75, 3.05) is 12.3 Å². The fourth-order valence-corrected chi connectivity index (χ4v) is 3.32. The van der Waals surface area contributed by atoms with Crippen LogP contribution in [0.2, 0.25) is 0 Å². The minimum absolute atomic E-state index is 0.00352. The number of benzene rings is 1. The zero-order valence-electron chi connectivity index (χ0n) is 12.1. The Bertz CT molecular complexity index is 646. The highest BCUT2D eigenvalue weighted by atomic mass is 32.1. The number of anilines is 1. The average molecular weight is 318 g/mol. The van der Waals surface area contributed by atoms with Gasteiger partial charge in [-0.05, 0) is 24.8 Å². The molecule has 2 heterocycles. The number of likely N-dealkylation sites (tertiary alicyclic amines) is 1. The molecule has 1 saturated heterocycles. The molecule has 1 aliphatic rings. The summed E-state index contributed by atoms with van der Waals surface area (Å²) in [4.78, 5) is 14.3. The number of rotatable bonds is 4. The molecular weight excluding hydrogens is 300 g/mol. The van der Waals surface area contributed by atoms with Crippen LogP contribution < -0.4 is 5.73 Å². The Morgan fingerprint density at radius 1 is 1.45 bits per heavy atom. The van der Waals surface area contributed by atoms with Crippen molar-refractivity contribution in [3.8, 4) is 0 Å². The number of nitrogens with zero attached hydrogens (tertiary/aromatic N) is 3. The first-order valence-corrected chi connectivity index (χ1v) is 8.06. The van der Waals surface area contributed by atoms with E-state index in [1.54, 1.807) is 4.90 Å². The number of hydrogen-bond donors (Lipinski definition) is 2. The molecule has 6 nitrogen and oxygen atoms in total. The predicted molar refractivity (Wildman–Crippen MR) is 84.4 cm³/mol. The molecule has 1 fully saturated rings. The maximum atomic E-state index is 12.5. The van der Waals surface area contributed by atoms with Gasteiger partial charge in [0.05, 0.1) is 6.10 Å². The maximum Gasteiger partial charge on any atom is 0.277 e. The standard InChI is InChI=1S/C15H18N4O2S/c16-14-13(17-18-22-14)15(21)19-8-4-7-11(19)9-12(20)10-5-2-1-3-6-10/h1-3,5-6,11-12,20H,4,7-9,16H2. The third kappa shape index (κ3) is 2.95. The molecule has 3 N–H and O–H groups in total. The van der Waals surface area contributed by atoms with Crippen molar-refractivity contribution >= 4 is 22.4 Å². The smallest absolute Gasteiger partial charge is 0.277 e. The Labute approximate surface area is 132 Å². The molecule has 22 heavy (non-hydrogen) atoms. The van der Waals surface area contributed by atoms with E-state index in [1.165, 1.54) is 0 Å². The molecule has 2 atom stereocenters. The number of aliphatic hydroxyl groups excluding tert-OH is 1. The van der Waals surface area contributed by atoms with Gasteiger partial charge in [-0.25, -0.2) is 0 Å². The van der Waals surface area contributed by atoms with Gasteiger partial charge in [-0.3, -0.25) is 4.79 Å². The van der Waals surface area contributed by atoms with Crippen LogP contribution in [0.3, 0.4) is 0 Å². The lowest BCUT2D eigenvalue weighted by molar-refractivity contribution is 0.0662. The lowest BCUT2D eigenvalue weighted by Crippen LogP contribution is -2.37. The van der Waals surface area contributed by atoms with Crippen LogP contribution in [0, 0.1) is 0 Å². The topological polar surface area (TPSA) is 92.3 Å². The van der Waals surface area contributed by atoms with E-state index < -0.39 is 6.10 Å². The van der Waals surface area contributed by atoms with E-state index in [0.29, 0.717) is 18.0 Å². The number of nitrogen functional groups attached to an aromatic ring is 1. The summed E-state index contributed by atoms with van der Waals surface area (Å²) >= 11 is 1.02. The molecule has 7 heteroatoms. The van der Waals surface area contributed by atoms with Crippen LogP contribution >= 0.6 is 11.5 Å². The molecule has 1 amide bonds. The van der Waals surface area contributed by atoms with Gasteiger partial charge in [0.2, 0.25) is 0 Å². The molecule has 0 spiro atoms. The Morgan fingerprint density at radius 3 is 2.91 bits per heavy atom. The third-order valence-corrected chi connectivity index (χ3v) is 4.59. The van der Waals surface area contributed by atoms with Crippen molar-refractivity contribution in [3.05, 3.63) is 41.6 Å². The number of nitrogens with two attached hydrogens (primary N) is 1. The molecule has 1 aliphatic heterocycles. The lowest BCUT2D eigenvalue weighted by Gasteiger charge is -2.26. The van der Waals surface area contributed by atoms with E-state index in [-0.39, 0.29) is 17.6 Å². The van der Waals surface area contributed by atoms with Crippen molar-refractivity contribution in [2.24, 2.45) is 0 Å². The minimum Gasteiger partial charge on any atom is -0.388 e. The van der Waals surface area contributed by atoms with Gasteiger partial charge in [-0.15, -0.1) is 5.10 Å². The molecule has 1 aromatic heterocycles. The number of carbonyl (C=O) groups is 1. The van der Waals surface area contributed by atoms with Crippen molar-refractivity contribution < 1.29 is 9.90 Å². The Kier molecular flexibility index (Phi) is 4.35. The van der Waals surface area contributed by atoms with Crippen molar-refractivity contribution in [3.63, 3.8) is 0 Å². The first-order valence-electron chi connectivity index (χ1n) is 7.28. The van der Waals surface area contributed by atoms with Crippen LogP contribution in [0.15, 0.2) is 30.3 Å². The fourth-order valence-electron chi connectivity index (χ4n) is 2.90. The SMILES string of the molecule is Nc1snnc1C(=O)N1CCCC1CC(O)c1ccccc1. The van der Waals surface area contributed by atoms with Gasteiger partial charge >= 0.3 is 0 Å². The Morgan fingerprint density at radius 2 is 2.23 bits per heavy atom. The molecule has 2 aromatic rings. The van der Waals surface area contributed by atoms with Gasteiger partial charge < -0.3 is 15.7 Å². The monoisotopic (exact) mass is 318 g/mol. The van der Waals surface area contributed by atoms with Gasteiger partial charge in [-0.2, -0.15) is 0 Å². The van der Waals surface area contributed by atoms with Gasteiger partial charge in [0.25, 0.3) is 5.91 Å². The van der Waals surface area contributed by atoms with E-state index in [4.69, 9.17) is 5.73 Å². The molecule has 0 aliphatic carbocycles. The highest BCUT2D eigenvalue weighted by Crippen LogP contribution is 2.29. The molecule has 116 valence electrons. The third-order valence-electron chi connectivity index (χ3n) is 4.03. The summed E-state index contributed by atoms with van der Waals surface area (Å²) < 4.78 is 3.72. The number of carbonyl (C=O) groups excluding carboxylic acids is 1. The number of amides is 1. The fraction of sp³-hybridized carbons (Fsp3) is 0.400. The summed E-state index contributed by atoms with van der Waals surface area (Å²) in [5.74, 6) is -0.186. The van der Waals surface area contributed by atoms with E-state index in [1.807, 2.05) is 30.3 Å². The Balaban J connectivity index is 1.71. The number of hydrogen-bond acceptors (Lipinski definition) is 6. The molecule has 0 bridgehead atoms. The van der Waals surface area contributed by atoms with Crippen LogP contribution in [-0.4, -0.2) is 38.1 Å². The summed E-state index contributed by atoms with van der Waals surface area (Å²) in [6.07, 6.45) is 1.75. The molecule has 2 unspecified atom stereocenters. The van der Waals surface area contributed by atoms with Crippen LogP contribution in [0.4, 0.5) is 5.00 Å².